The zero-order chi connectivity index (χ0) is 20.9. The molecule has 3 aliphatic rings. The van der Waals surface area contributed by atoms with Crippen molar-refractivity contribution < 1.29 is 4.74 Å². The van der Waals surface area contributed by atoms with Gasteiger partial charge in [0, 0.05) is 37.8 Å². The van der Waals surface area contributed by atoms with Gasteiger partial charge in [-0.15, -0.1) is 0 Å². The van der Waals surface area contributed by atoms with Crippen molar-refractivity contribution in [2.75, 3.05) is 37.7 Å². The van der Waals surface area contributed by atoms with Crippen LogP contribution >= 0.6 is 11.8 Å². The van der Waals surface area contributed by atoms with Gasteiger partial charge in [-0.1, -0.05) is 49.6 Å². The van der Waals surface area contributed by atoms with Crippen molar-refractivity contribution in [1.29, 1.82) is 0 Å². The van der Waals surface area contributed by atoms with E-state index in [1.54, 1.807) is 0 Å². The van der Waals surface area contributed by atoms with Gasteiger partial charge in [0.2, 0.25) is 0 Å². The van der Waals surface area contributed by atoms with Gasteiger partial charge >= 0.3 is 0 Å². The van der Waals surface area contributed by atoms with Crippen molar-refractivity contribution in [3.8, 4) is 11.5 Å². The standard InChI is InChI=1S/C27H36N2OS/c1-3-7-24(8-4-1)28-17-19-29(20-18-28)27(15-21-31-22-16-27)23-11-13-26(14-12-23)30-25-9-5-2-6-10-25/h2,5-6,9-14,24H,1,3-4,7-8,15-22H2. The number of hydrogen-bond donors (Lipinski definition) is 0. The molecule has 3 nitrogen and oxygen atoms in total. The molecule has 3 fully saturated rings. The first-order valence-corrected chi connectivity index (χ1v) is 13.4. The molecule has 0 amide bonds. The summed E-state index contributed by atoms with van der Waals surface area (Å²) in [6, 6.07) is 19.9. The molecular formula is C27H36N2OS. The molecule has 2 aliphatic heterocycles. The Hall–Kier alpha value is -1.49. The van der Waals surface area contributed by atoms with E-state index >= 15 is 0 Å². The molecule has 0 unspecified atom stereocenters. The normalized spacial score (nSPS) is 23.5. The minimum Gasteiger partial charge on any atom is -0.457 e. The fraction of sp³-hybridized carbons (Fsp3) is 0.556. The van der Waals surface area contributed by atoms with Crippen LogP contribution in [0.1, 0.15) is 50.5 Å². The number of para-hydroxylation sites is 1. The maximum atomic E-state index is 6.06. The van der Waals surface area contributed by atoms with Crippen LogP contribution in [-0.2, 0) is 5.54 Å². The van der Waals surface area contributed by atoms with Gasteiger partial charge in [0.05, 0.1) is 0 Å². The number of nitrogens with zero attached hydrogens (tertiary/aromatic N) is 2. The van der Waals surface area contributed by atoms with E-state index in [0.717, 1.165) is 17.5 Å². The Morgan fingerprint density at radius 1 is 0.742 bits per heavy atom. The molecule has 0 radical (unpaired) electrons. The van der Waals surface area contributed by atoms with Gasteiger partial charge in [-0.3, -0.25) is 9.80 Å². The molecule has 4 heteroatoms. The molecule has 2 heterocycles. The summed E-state index contributed by atoms with van der Waals surface area (Å²) in [4.78, 5) is 5.64. The summed E-state index contributed by atoms with van der Waals surface area (Å²) in [6.07, 6.45) is 9.68. The van der Waals surface area contributed by atoms with Gasteiger partial charge in [-0.25, -0.2) is 0 Å². The van der Waals surface area contributed by atoms with Gasteiger partial charge in [0.1, 0.15) is 11.5 Å². The smallest absolute Gasteiger partial charge is 0.127 e. The monoisotopic (exact) mass is 436 g/mol. The van der Waals surface area contributed by atoms with E-state index in [-0.39, 0.29) is 5.54 Å². The molecule has 5 rings (SSSR count). The maximum Gasteiger partial charge on any atom is 0.127 e. The summed E-state index contributed by atoms with van der Waals surface area (Å²) in [5, 5.41) is 0. The van der Waals surface area contributed by atoms with Crippen LogP contribution in [0.5, 0.6) is 11.5 Å². The van der Waals surface area contributed by atoms with Gasteiger partial charge in [0.15, 0.2) is 0 Å². The Kier molecular flexibility index (Phi) is 6.87. The molecule has 0 atom stereocenters. The molecule has 2 saturated heterocycles. The molecule has 31 heavy (non-hydrogen) atoms. The Bertz CT molecular complexity index is 805. The van der Waals surface area contributed by atoms with E-state index in [2.05, 4.69) is 45.8 Å². The van der Waals surface area contributed by atoms with Gasteiger partial charge < -0.3 is 4.74 Å². The van der Waals surface area contributed by atoms with Crippen LogP contribution in [0.2, 0.25) is 0 Å². The van der Waals surface area contributed by atoms with Gasteiger partial charge in [-0.2, -0.15) is 11.8 Å². The van der Waals surface area contributed by atoms with E-state index in [4.69, 9.17) is 4.74 Å². The third-order valence-electron chi connectivity index (χ3n) is 7.70. The fourth-order valence-electron chi connectivity index (χ4n) is 5.92. The number of hydrogen-bond acceptors (Lipinski definition) is 4. The summed E-state index contributed by atoms with van der Waals surface area (Å²) in [5.41, 5.74) is 1.69. The van der Waals surface area contributed by atoms with Crippen LogP contribution in [-0.4, -0.2) is 53.5 Å². The van der Waals surface area contributed by atoms with Crippen molar-refractivity contribution in [2.24, 2.45) is 0 Å². The fourth-order valence-corrected chi connectivity index (χ4v) is 7.08. The average Bonchev–Trinajstić information content (AvgIpc) is 2.86. The number of piperazine rings is 1. The second-order valence-electron chi connectivity index (χ2n) is 9.40. The molecule has 2 aromatic rings. The molecule has 166 valence electrons. The molecular weight excluding hydrogens is 400 g/mol. The third kappa shape index (κ3) is 4.81. The van der Waals surface area contributed by atoms with E-state index < -0.39 is 0 Å². The third-order valence-corrected chi connectivity index (χ3v) is 8.69. The lowest BCUT2D eigenvalue weighted by Gasteiger charge is -2.51. The number of rotatable bonds is 5. The predicted molar refractivity (Wildman–Crippen MR) is 131 cm³/mol. The second kappa shape index (κ2) is 9.97. The van der Waals surface area contributed by atoms with Gasteiger partial charge in [0.25, 0.3) is 0 Å². The first-order valence-electron chi connectivity index (χ1n) is 12.2. The zero-order valence-electron chi connectivity index (χ0n) is 18.7. The molecule has 0 N–H and O–H groups in total. The molecule has 0 bridgehead atoms. The van der Waals surface area contributed by atoms with E-state index in [9.17, 15) is 0 Å². The van der Waals surface area contributed by atoms with E-state index in [1.807, 2.05) is 30.3 Å². The molecule has 1 saturated carbocycles. The highest BCUT2D eigenvalue weighted by atomic mass is 32.2. The van der Waals surface area contributed by atoms with Crippen molar-refractivity contribution in [2.45, 2.75) is 56.5 Å². The minimum atomic E-state index is 0.204. The highest BCUT2D eigenvalue weighted by Crippen LogP contribution is 2.42. The molecule has 0 spiro atoms. The van der Waals surface area contributed by atoms with Crippen molar-refractivity contribution in [3.05, 3.63) is 60.2 Å². The topological polar surface area (TPSA) is 15.7 Å². The molecule has 0 aromatic heterocycles. The van der Waals surface area contributed by atoms with E-state index in [0.29, 0.717) is 0 Å². The van der Waals surface area contributed by atoms with Crippen molar-refractivity contribution in [1.82, 2.24) is 9.80 Å². The zero-order valence-corrected chi connectivity index (χ0v) is 19.5. The van der Waals surface area contributed by atoms with Crippen LogP contribution in [0, 0.1) is 0 Å². The maximum absolute atomic E-state index is 6.06. The lowest BCUT2D eigenvalue weighted by molar-refractivity contribution is 0.00314. The van der Waals surface area contributed by atoms with Crippen LogP contribution in [0.15, 0.2) is 54.6 Å². The lowest BCUT2D eigenvalue weighted by atomic mass is 9.81. The SMILES string of the molecule is c1ccc(Oc2ccc(C3(N4CCN(C5CCCCC5)CC4)CCSCC3)cc2)cc1. The second-order valence-corrected chi connectivity index (χ2v) is 10.6. The molecule has 1 aliphatic carbocycles. The van der Waals surface area contributed by atoms with Crippen LogP contribution in [0.4, 0.5) is 0 Å². The van der Waals surface area contributed by atoms with Crippen LogP contribution in [0.25, 0.3) is 0 Å². The van der Waals surface area contributed by atoms with Crippen LogP contribution in [0.3, 0.4) is 0 Å². The Morgan fingerprint density at radius 2 is 1.39 bits per heavy atom. The Labute approximate surface area is 192 Å². The first-order chi connectivity index (χ1) is 15.3. The van der Waals surface area contributed by atoms with E-state index in [1.165, 1.54) is 88.2 Å². The summed E-state index contributed by atoms with van der Waals surface area (Å²) in [6.45, 7) is 4.91. The number of ether oxygens (including phenoxy) is 1. The van der Waals surface area contributed by atoms with Crippen LogP contribution < -0.4 is 4.74 Å². The quantitative estimate of drug-likeness (QED) is 0.558. The average molecular weight is 437 g/mol. The lowest BCUT2D eigenvalue weighted by Crippen LogP contribution is -2.58. The molecule has 2 aromatic carbocycles. The summed E-state index contributed by atoms with van der Waals surface area (Å²) in [7, 11) is 0. The highest BCUT2D eigenvalue weighted by Gasteiger charge is 2.41. The Balaban J connectivity index is 1.29. The number of benzene rings is 2. The highest BCUT2D eigenvalue weighted by molar-refractivity contribution is 7.99. The largest absolute Gasteiger partial charge is 0.457 e. The van der Waals surface area contributed by atoms with Crippen molar-refractivity contribution in [3.63, 3.8) is 0 Å². The summed E-state index contributed by atoms with van der Waals surface area (Å²) < 4.78 is 6.06. The predicted octanol–water partition coefficient (Wildman–Crippen LogP) is 6.15. The van der Waals surface area contributed by atoms with Gasteiger partial charge in [-0.05, 0) is 67.0 Å². The Morgan fingerprint density at radius 3 is 2.06 bits per heavy atom. The number of thioether (sulfide) groups is 1. The summed E-state index contributed by atoms with van der Waals surface area (Å²) in [5.74, 6) is 4.37. The summed E-state index contributed by atoms with van der Waals surface area (Å²) >= 11 is 2.12. The van der Waals surface area contributed by atoms with Crippen molar-refractivity contribution >= 4 is 11.8 Å². The minimum absolute atomic E-state index is 0.204. The first kappa shape index (κ1) is 21.4.